The molecule has 1 aromatic carbocycles. The molecule has 0 N–H and O–H groups in total. The Labute approximate surface area is 156 Å². The minimum atomic E-state index is -0.112. The largest absolute Gasteiger partial charge is 0.283 e. The Kier molecular flexibility index (Phi) is 3.60. The van der Waals surface area contributed by atoms with Crippen molar-refractivity contribution >= 4 is 32.6 Å². The third-order valence-electron chi connectivity index (χ3n) is 5.88. The molecule has 3 aliphatic rings. The highest BCUT2D eigenvalue weighted by molar-refractivity contribution is 7.22. The van der Waals surface area contributed by atoms with E-state index >= 15 is 0 Å². The normalized spacial score (nSPS) is 23.3. The van der Waals surface area contributed by atoms with E-state index in [0.717, 1.165) is 52.5 Å². The lowest BCUT2D eigenvalue weighted by atomic mass is 9.44. The molecule has 0 atom stereocenters. The van der Waals surface area contributed by atoms with Gasteiger partial charge in [0, 0.05) is 12.4 Å². The van der Waals surface area contributed by atoms with Crippen LogP contribution in [0.3, 0.4) is 0 Å². The summed E-state index contributed by atoms with van der Waals surface area (Å²) in [6, 6.07) is 10.3. The van der Waals surface area contributed by atoms with Gasteiger partial charge in [-0.05, 0) is 60.9 Å². The van der Waals surface area contributed by atoms with E-state index in [1.54, 1.807) is 17.5 Å². The van der Waals surface area contributed by atoms with Gasteiger partial charge < -0.3 is 0 Å². The van der Waals surface area contributed by atoms with Crippen LogP contribution in [0.5, 0.6) is 0 Å². The topological polar surface area (TPSA) is 46.1 Å². The summed E-state index contributed by atoms with van der Waals surface area (Å²) in [5.41, 5.74) is 3.21. The minimum Gasteiger partial charge on any atom is -0.283 e. The second-order valence-electron chi connectivity index (χ2n) is 7.66. The van der Waals surface area contributed by atoms with Crippen LogP contribution in [0.2, 0.25) is 0 Å². The lowest BCUT2D eigenvalue weighted by Gasteiger charge is -2.61. The number of hydrogen-bond acceptors (Lipinski definition) is 4. The highest BCUT2D eigenvalue weighted by atomic mass is 32.1. The number of thiazole rings is 1. The van der Waals surface area contributed by atoms with Crippen molar-refractivity contribution in [3.05, 3.63) is 53.9 Å². The summed E-state index contributed by atoms with van der Waals surface area (Å²) in [6.45, 7) is 2.70. The van der Waals surface area contributed by atoms with E-state index in [0.29, 0.717) is 6.54 Å². The summed E-state index contributed by atoms with van der Waals surface area (Å²) in [7, 11) is 0. The van der Waals surface area contributed by atoms with Crippen LogP contribution in [0, 0.1) is 11.3 Å². The molecule has 0 aliphatic heterocycles. The molecule has 4 nitrogen and oxygen atoms in total. The zero-order valence-corrected chi connectivity index (χ0v) is 15.6. The zero-order valence-electron chi connectivity index (χ0n) is 14.8. The van der Waals surface area contributed by atoms with Gasteiger partial charge in [0.15, 0.2) is 5.13 Å². The molecule has 0 saturated heterocycles. The molecule has 2 heterocycles. The average molecular weight is 363 g/mol. The number of nitrogens with zero attached hydrogens (tertiary/aromatic N) is 3. The van der Waals surface area contributed by atoms with E-state index in [-0.39, 0.29) is 11.3 Å². The first-order valence-corrected chi connectivity index (χ1v) is 10.1. The van der Waals surface area contributed by atoms with Crippen LogP contribution in [0.15, 0.2) is 42.7 Å². The average Bonchev–Trinajstić information content (AvgIpc) is 3.00. The number of amides is 1. The second-order valence-corrected chi connectivity index (χ2v) is 8.67. The molecule has 2 bridgehead atoms. The van der Waals surface area contributed by atoms with Gasteiger partial charge in [-0.2, -0.15) is 0 Å². The summed E-state index contributed by atoms with van der Waals surface area (Å²) in [6.07, 6.45) is 7.78. The minimum absolute atomic E-state index is 0.112. The summed E-state index contributed by atoms with van der Waals surface area (Å²) >= 11 is 1.62. The number of carbonyl (C=O) groups excluding carboxylic acids is 1. The van der Waals surface area contributed by atoms with Crippen LogP contribution in [-0.2, 0) is 17.8 Å². The number of carbonyl (C=O) groups is 1. The fourth-order valence-corrected chi connectivity index (χ4v) is 5.25. The lowest BCUT2D eigenvalue weighted by molar-refractivity contribution is -0.162. The molecule has 3 aliphatic carbocycles. The Bertz CT molecular complexity index is 964. The van der Waals surface area contributed by atoms with E-state index in [9.17, 15) is 4.79 Å². The molecule has 6 rings (SSSR count). The molecule has 3 aromatic rings. The number of anilines is 1. The standard InChI is InChI=1S/C21H21N3OS/c1-2-14-5-6-17-18(8-14)26-20(23-17)24(13-15-4-3-7-22-12-15)19(25)21-9-16(10-21)11-21/h3-8,12,16H,2,9-11,13H2,1H3. The van der Waals surface area contributed by atoms with Crippen molar-refractivity contribution in [1.29, 1.82) is 0 Å². The Morgan fingerprint density at radius 1 is 1.27 bits per heavy atom. The van der Waals surface area contributed by atoms with Gasteiger partial charge in [-0.15, -0.1) is 0 Å². The van der Waals surface area contributed by atoms with Crippen molar-refractivity contribution in [2.75, 3.05) is 4.90 Å². The molecule has 132 valence electrons. The number of pyridine rings is 1. The first-order chi connectivity index (χ1) is 12.7. The number of rotatable bonds is 5. The smallest absolute Gasteiger partial charge is 0.235 e. The number of benzene rings is 1. The molecule has 1 amide bonds. The Hall–Kier alpha value is -2.27. The monoisotopic (exact) mass is 363 g/mol. The second kappa shape index (κ2) is 5.88. The van der Waals surface area contributed by atoms with E-state index in [2.05, 4.69) is 30.1 Å². The van der Waals surface area contributed by atoms with Crippen LogP contribution < -0.4 is 4.90 Å². The summed E-state index contributed by atoms with van der Waals surface area (Å²) in [5, 5.41) is 0.812. The first kappa shape index (κ1) is 15.9. The van der Waals surface area contributed by atoms with Gasteiger partial charge in [0.05, 0.1) is 22.2 Å². The Morgan fingerprint density at radius 3 is 2.77 bits per heavy atom. The Morgan fingerprint density at radius 2 is 2.12 bits per heavy atom. The predicted molar refractivity (Wildman–Crippen MR) is 104 cm³/mol. The van der Waals surface area contributed by atoms with Gasteiger partial charge in [-0.25, -0.2) is 4.98 Å². The van der Waals surface area contributed by atoms with Crippen molar-refractivity contribution in [2.45, 2.75) is 39.2 Å². The molecule has 3 saturated carbocycles. The van der Waals surface area contributed by atoms with Crippen molar-refractivity contribution in [3.8, 4) is 0 Å². The third-order valence-corrected chi connectivity index (χ3v) is 6.92. The number of aromatic nitrogens is 2. The van der Waals surface area contributed by atoms with Gasteiger partial charge in [0.25, 0.3) is 0 Å². The fraction of sp³-hybridized carbons (Fsp3) is 0.381. The van der Waals surface area contributed by atoms with Crippen molar-refractivity contribution < 1.29 is 4.79 Å². The summed E-state index contributed by atoms with van der Waals surface area (Å²) in [4.78, 5) is 24.3. The maximum absolute atomic E-state index is 13.4. The van der Waals surface area contributed by atoms with Gasteiger partial charge >= 0.3 is 0 Å². The molecule has 0 spiro atoms. The van der Waals surface area contributed by atoms with Gasteiger partial charge in [0.1, 0.15) is 0 Å². The SMILES string of the molecule is CCc1ccc2nc(N(Cc3cccnc3)C(=O)C34CC(C3)C4)sc2c1. The van der Waals surface area contributed by atoms with Gasteiger partial charge in [-0.1, -0.05) is 30.4 Å². The molecule has 26 heavy (non-hydrogen) atoms. The third kappa shape index (κ3) is 2.45. The highest BCUT2D eigenvalue weighted by Crippen LogP contribution is 2.65. The fourth-order valence-electron chi connectivity index (χ4n) is 4.22. The van der Waals surface area contributed by atoms with Crippen molar-refractivity contribution in [2.24, 2.45) is 11.3 Å². The summed E-state index contributed by atoms with van der Waals surface area (Å²) in [5.74, 6) is 1.03. The van der Waals surface area contributed by atoms with Crippen LogP contribution in [0.1, 0.15) is 37.3 Å². The summed E-state index contributed by atoms with van der Waals surface area (Å²) < 4.78 is 1.15. The molecule has 0 radical (unpaired) electrons. The maximum Gasteiger partial charge on any atom is 0.235 e. The molecular weight excluding hydrogens is 342 g/mol. The first-order valence-electron chi connectivity index (χ1n) is 9.27. The Balaban J connectivity index is 1.53. The van der Waals surface area contributed by atoms with Gasteiger partial charge in [-0.3, -0.25) is 14.7 Å². The molecule has 5 heteroatoms. The van der Waals surface area contributed by atoms with Crippen molar-refractivity contribution in [1.82, 2.24) is 9.97 Å². The van der Waals surface area contributed by atoms with Crippen LogP contribution in [0.4, 0.5) is 5.13 Å². The van der Waals surface area contributed by atoms with Gasteiger partial charge in [0.2, 0.25) is 5.91 Å². The highest BCUT2D eigenvalue weighted by Gasteiger charge is 2.62. The van der Waals surface area contributed by atoms with E-state index in [4.69, 9.17) is 4.98 Å². The van der Waals surface area contributed by atoms with Crippen LogP contribution in [-0.4, -0.2) is 15.9 Å². The number of aryl methyl sites for hydroxylation is 1. The van der Waals surface area contributed by atoms with Crippen LogP contribution in [0.25, 0.3) is 10.2 Å². The lowest BCUT2D eigenvalue weighted by Crippen LogP contribution is -2.61. The quantitative estimate of drug-likeness (QED) is 0.666. The zero-order chi connectivity index (χ0) is 17.7. The van der Waals surface area contributed by atoms with E-state index in [1.807, 2.05) is 23.2 Å². The van der Waals surface area contributed by atoms with E-state index < -0.39 is 0 Å². The van der Waals surface area contributed by atoms with E-state index in [1.165, 1.54) is 5.56 Å². The molecule has 2 aromatic heterocycles. The predicted octanol–water partition coefficient (Wildman–Crippen LogP) is 4.59. The number of hydrogen-bond donors (Lipinski definition) is 0. The number of fused-ring (bicyclic) bond motifs is 1. The molecule has 3 fully saturated rings. The van der Waals surface area contributed by atoms with Crippen LogP contribution >= 0.6 is 11.3 Å². The van der Waals surface area contributed by atoms with Crippen molar-refractivity contribution in [3.63, 3.8) is 0 Å². The maximum atomic E-state index is 13.4. The molecular formula is C21H21N3OS. The molecule has 0 unspecified atom stereocenters.